The molecule has 0 radical (unpaired) electrons. The number of rotatable bonds is 6. The van der Waals surface area contributed by atoms with Crippen LogP contribution in [0, 0.1) is 0 Å². The zero-order chi connectivity index (χ0) is 14.4. The summed E-state index contributed by atoms with van der Waals surface area (Å²) >= 11 is 0. The van der Waals surface area contributed by atoms with Gasteiger partial charge in [0.2, 0.25) is 0 Å². The molecule has 0 spiro atoms. The Labute approximate surface area is 123 Å². The minimum atomic E-state index is 0.491. The van der Waals surface area contributed by atoms with Crippen LogP contribution in [0.1, 0.15) is 26.3 Å². The average Bonchev–Trinajstić information content (AvgIpc) is 2.48. The molecule has 0 amide bonds. The first-order valence-electron chi connectivity index (χ1n) is 7.81. The van der Waals surface area contributed by atoms with E-state index in [0.717, 1.165) is 32.7 Å². The second kappa shape index (κ2) is 7.77. The molecular weight excluding hydrogens is 248 g/mol. The van der Waals surface area contributed by atoms with Crippen molar-refractivity contribution in [3.8, 4) is 0 Å². The molecule has 3 nitrogen and oxygen atoms in total. The third-order valence-electron chi connectivity index (χ3n) is 4.15. The van der Waals surface area contributed by atoms with Gasteiger partial charge in [-0.05, 0) is 32.8 Å². The van der Waals surface area contributed by atoms with Crippen molar-refractivity contribution in [2.45, 2.75) is 45.3 Å². The molecule has 3 heteroatoms. The fraction of sp³-hybridized carbons (Fsp3) is 0.647. The highest BCUT2D eigenvalue weighted by Crippen LogP contribution is 2.14. The molecule has 1 saturated heterocycles. The van der Waals surface area contributed by atoms with Crippen LogP contribution < -0.4 is 5.32 Å². The van der Waals surface area contributed by atoms with Crippen molar-refractivity contribution in [3.05, 3.63) is 35.9 Å². The van der Waals surface area contributed by atoms with Crippen LogP contribution in [-0.4, -0.2) is 49.3 Å². The van der Waals surface area contributed by atoms with Crippen molar-refractivity contribution in [2.24, 2.45) is 0 Å². The third kappa shape index (κ3) is 4.30. The standard InChI is InChI=1S/C17H28N2O/c1-4-20-13-15(3)19-12-17(18-11-14(19)2)10-16-8-6-5-7-9-16/h5-9,14-15,17-18H,4,10-13H2,1-3H3. The normalized spacial score (nSPS) is 25.6. The minimum Gasteiger partial charge on any atom is -0.380 e. The third-order valence-corrected chi connectivity index (χ3v) is 4.15. The first-order valence-corrected chi connectivity index (χ1v) is 7.81. The SMILES string of the molecule is CCOCC(C)N1CC(Cc2ccccc2)NCC1C. The average molecular weight is 276 g/mol. The number of hydrogen-bond acceptors (Lipinski definition) is 3. The van der Waals surface area contributed by atoms with Gasteiger partial charge in [0.25, 0.3) is 0 Å². The number of nitrogens with one attached hydrogen (secondary N) is 1. The lowest BCUT2D eigenvalue weighted by Gasteiger charge is -2.42. The summed E-state index contributed by atoms with van der Waals surface area (Å²) in [7, 11) is 0. The van der Waals surface area contributed by atoms with Gasteiger partial charge in [0, 0.05) is 37.8 Å². The largest absolute Gasteiger partial charge is 0.380 e. The van der Waals surface area contributed by atoms with Crippen LogP contribution in [0.4, 0.5) is 0 Å². The summed E-state index contributed by atoms with van der Waals surface area (Å²) in [5.74, 6) is 0. The van der Waals surface area contributed by atoms with Gasteiger partial charge in [-0.2, -0.15) is 0 Å². The van der Waals surface area contributed by atoms with Crippen molar-refractivity contribution in [1.82, 2.24) is 10.2 Å². The molecule has 1 N–H and O–H groups in total. The lowest BCUT2D eigenvalue weighted by molar-refractivity contribution is 0.0335. The summed E-state index contributed by atoms with van der Waals surface area (Å²) in [5, 5.41) is 3.68. The maximum Gasteiger partial charge on any atom is 0.0619 e. The zero-order valence-corrected chi connectivity index (χ0v) is 13.0. The molecule has 112 valence electrons. The van der Waals surface area contributed by atoms with Crippen LogP contribution >= 0.6 is 0 Å². The summed E-state index contributed by atoms with van der Waals surface area (Å²) in [6.45, 7) is 10.4. The maximum absolute atomic E-state index is 5.59. The lowest BCUT2D eigenvalue weighted by atomic mass is 10.0. The Hall–Kier alpha value is -0.900. The topological polar surface area (TPSA) is 24.5 Å². The summed E-state index contributed by atoms with van der Waals surface area (Å²) < 4.78 is 5.59. The molecule has 1 aliphatic heterocycles. The smallest absolute Gasteiger partial charge is 0.0619 e. The van der Waals surface area contributed by atoms with Crippen LogP contribution in [-0.2, 0) is 11.2 Å². The molecule has 1 aromatic rings. The predicted molar refractivity (Wildman–Crippen MR) is 84.1 cm³/mol. The highest BCUT2D eigenvalue weighted by Gasteiger charge is 2.28. The van der Waals surface area contributed by atoms with Gasteiger partial charge in [-0.25, -0.2) is 0 Å². The van der Waals surface area contributed by atoms with Crippen molar-refractivity contribution >= 4 is 0 Å². The molecule has 0 aliphatic carbocycles. The van der Waals surface area contributed by atoms with Gasteiger partial charge < -0.3 is 10.1 Å². The molecule has 0 saturated carbocycles. The van der Waals surface area contributed by atoms with Crippen LogP contribution in [0.3, 0.4) is 0 Å². The van der Waals surface area contributed by atoms with E-state index in [0.29, 0.717) is 18.1 Å². The molecular formula is C17H28N2O. The maximum atomic E-state index is 5.59. The first kappa shape index (κ1) is 15.5. The molecule has 1 fully saturated rings. The van der Waals surface area contributed by atoms with Crippen LogP contribution in [0.2, 0.25) is 0 Å². The number of nitrogens with zero attached hydrogens (tertiary/aromatic N) is 1. The Bertz CT molecular complexity index is 382. The van der Waals surface area contributed by atoms with E-state index in [1.165, 1.54) is 5.56 Å². The van der Waals surface area contributed by atoms with E-state index >= 15 is 0 Å². The van der Waals surface area contributed by atoms with Gasteiger partial charge >= 0.3 is 0 Å². The zero-order valence-electron chi connectivity index (χ0n) is 13.0. The van der Waals surface area contributed by atoms with Gasteiger partial charge in [-0.1, -0.05) is 30.3 Å². The second-order valence-corrected chi connectivity index (χ2v) is 5.85. The first-order chi connectivity index (χ1) is 9.70. The number of ether oxygens (including phenoxy) is 1. The van der Waals surface area contributed by atoms with E-state index in [1.807, 2.05) is 0 Å². The molecule has 2 rings (SSSR count). The Morgan fingerprint density at radius 3 is 2.80 bits per heavy atom. The van der Waals surface area contributed by atoms with Crippen LogP contribution in [0.15, 0.2) is 30.3 Å². The van der Waals surface area contributed by atoms with Crippen molar-refractivity contribution in [2.75, 3.05) is 26.3 Å². The van der Waals surface area contributed by atoms with E-state index in [4.69, 9.17) is 4.74 Å². The molecule has 3 atom stereocenters. The van der Waals surface area contributed by atoms with Gasteiger partial charge in [0.05, 0.1) is 6.61 Å². The minimum absolute atomic E-state index is 0.491. The van der Waals surface area contributed by atoms with E-state index in [-0.39, 0.29) is 0 Å². The number of hydrogen-bond donors (Lipinski definition) is 1. The number of piperazine rings is 1. The van der Waals surface area contributed by atoms with Crippen molar-refractivity contribution < 1.29 is 4.74 Å². The molecule has 1 heterocycles. The Morgan fingerprint density at radius 1 is 1.35 bits per heavy atom. The summed E-state index contributed by atoms with van der Waals surface area (Å²) in [5.41, 5.74) is 1.41. The van der Waals surface area contributed by atoms with Gasteiger partial charge in [0.1, 0.15) is 0 Å². The molecule has 0 bridgehead atoms. The Kier molecular flexibility index (Phi) is 6.02. The van der Waals surface area contributed by atoms with Gasteiger partial charge in [-0.3, -0.25) is 4.90 Å². The summed E-state index contributed by atoms with van der Waals surface area (Å²) in [6.07, 6.45) is 1.10. The molecule has 20 heavy (non-hydrogen) atoms. The summed E-state index contributed by atoms with van der Waals surface area (Å²) in [4.78, 5) is 2.58. The van der Waals surface area contributed by atoms with Crippen molar-refractivity contribution in [1.29, 1.82) is 0 Å². The summed E-state index contributed by atoms with van der Waals surface area (Å²) in [6, 6.07) is 12.4. The highest BCUT2D eigenvalue weighted by atomic mass is 16.5. The highest BCUT2D eigenvalue weighted by molar-refractivity contribution is 5.16. The van der Waals surface area contributed by atoms with Crippen LogP contribution in [0.25, 0.3) is 0 Å². The predicted octanol–water partition coefficient (Wildman–Crippen LogP) is 2.32. The molecule has 1 aliphatic rings. The molecule has 3 unspecified atom stereocenters. The Balaban J connectivity index is 1.90. The van der Waals surface area contributed by atoms with E-state index in [2.05, 4.69) is 61.3 Å². The fourth-order valence-corrected chi connectivity index (χ4v) is 2.99. The monoisotopic (exact) mass is 276 g/mol. The quantitative estimate of drug-likeness (QED) is 0.863. The lowest BCUT2D eigenvalue weighted by Crippen LogP contribution is -2.59. The second-order valence-electron chi connectivity index (χ2n) is 5.85. The Morgan fingerprint density at radius 2 is 2.10 bits per heavy atom. The van der Waals surface area contributed by atoms with Gasteiger partial charge in [0.15, 0.2) is 0 Å². The van der Waals surface area contributed by atoms with E-state index < -0.39 is 0 Å². The fourth-order valence-electron chi connectivity index (χ4n) is 2.99. The van der Waals surface area contributed by atoms with Gasteiger partial charge in [-0.15, -0.1) is 0 Å². The molecule has 1 aromatic carbocycles. The van der Waals surface area contributed by atoms with E-state index in [9.17, 15) is 0 Å². The molecule has 0 aromatic heterocycles. The number of benzene rings is 1. The van der Waals surface area contributed by atoms with E-state index in [1.54, 1.807) is 0 Å². The van der Waals surface area contributed by atoms with Crippen molar-refractivity contribution in [3.63, 3.8) is 0 Å². The van der Waals surface area contributed by atoms with Crippen LogP contribution in [0.5, 0.6) is 0 Å².